The molecule has 0 amide bonds. The number of allylic oxidation sites excluding steroid dienone is 1. The molecule has 3 aromatic rings. The first-order valence-electron chi connectivity index (χ1n) is 8.09. The molecule has 0 saturated heterocycles. The quantitative estimate of drug-likeness (QED) is 0.363. The van der Waals surface area contributed by atoms with Crippen molar-refractivity contribution in [3.05, 3.63) is 64.5 Å². The van der Waals surface area contributed by atoms with Crippen LogP contribution in [0, 0.1) is 11.3 Å². The largest absolute Gasteiger partial charge is 0.497 e. The number of nitrogens with zero attached hydrogens (tertiary/aromatic N) is 2. The average molecular weight is 376 g/mol. The summed E-state index contributed by atoms with van der Waals surface area (Å²) in [4.78, 5) is 15.5. The van der Waals surface area contributed by atoms with Gasteiger partial charge in [0.25, 0.3) is 0 Å². The number of esters is 1. The lowest BCUT2D eigenvalue weighted by Gasteiger charge is -2.01. The molecule has 0 aliphatic rings. The minimum atomic E-state index is -0.371. The zero-order valence-electron chi connectivity index (χ0n) is 14.8. The van der Waals surface area contributed by atoms with Crippen LogP contribution >= 0.6 is 11.3 Å². The third-order valence-electron chi connectivity index (χ3n) is 3.69. The van der Waals surface area contributed by atoms with Crippen LogP contribution in [0.15, 0.2) is 53.9 Å². The Labute approximate surface area is 161 Å². The molecular weight excluding hydrogens is 360 g/mol. The molecule has 0 bridgehead atoms. The van der Waals surface area contributed by atoms with Crippen molar-refractivity contribution in [3.8, 4) is 28.8 Å². The molecule has 0 radical (unpaired) electrons. The Kier molecular flexibility index (Phi) is 5.64. The number of methoxy groups -OCH3 is 1. The van der Waals surface area contributed by atoms with E-state index >= 15 is 0 Å². The van der Waals surface area contributed by atoms with Crippen LogP contribution < -0.4 is 9.47 Å². The van der Waals surface area contributed by atoms with Crippen molar-refractivity contribution in [1.82, 2.24) is 4.98 Å². The van der Waals surface area contributed by atoms with E-state index in [1.165, 1.54) is 18.3 Å². The van der Waals surface area contributed by atoms with Crippen molar-refractivity contribution in [2.75, 3.05) is 7.11 Å². The second kappa shape index (κ2) is 8.30. The van der Waals surface area contributed by atoms with E-state index in [0.29, 0.717) is 16.3 Å². The summed E-state index contributed by atoms with van der Waals surface area (Å²) in [5.74, 6) is 0.878. The summed E-state index contributed by atoms with van der Waals surface area (Å²) in [6, 6.07) is 16.8. The Morgan fingerprint density at radius 3 is 2.37 bits per heavy atom. The Balaban J connectivity index is 1.83. The number of hydrogen-bond acceptors (Lipinski definition) is 6. The lowest BCUT2D eigenvalue weighted by atomic mass is 10.1. The van der Waals surface area contributed by atoms with Crippen LogP contribution in [0.25, 0.3) is 22.9 Å². The van der Waals surface area contributed by atoms with Gasteiger partial charge in [-0.15, -0.1) is 11.3 Å². The van der Waals surface area contributed by atoms with Gasteiger partial charge in [-0.05, 0) is 48.0 Å². The van der Waals surface area contributed by atoms with Crippen LogP contribution in [0.5, 0.6) is 11.5 Å². The van der Waals surface area contributed by atoms with Crippen LogP contribution in [0.2, 0.25) is 0 Å². The van der Waals surface area contributed by atoms with Crippen LogP contribution in [-0.4, -0.2) is 18.1 Å². The van der Waals surface area contributed by atoms with E-state index < -0.39 is 0 Å². The highest BCUT2D eigenvalue weighted by Crippen LogP contribution is 2.28. The fourth-order valence-electron chi connectivity index (χ4n) is 2.40. The van der Waals surface area contributed by atoms with Crippen LogP contribution in [0.3, 0.4) is 0 Å². The molecule has 1 heterocycles. The van der Waals surface area contributed by atoms with Crippen LogP contribution in [0.4, 0.5) is 0 Å². The number of rotatable bonds is 5. The highest BCUT2D eigenvalue weighted by Gasteiger charge is 2.09. The monoisotopic (exact) mass is 376 g/mol. The fraction of sp³-hybridized carbons (Fsp3) is 0.0952. The molecule has 27 heavy (non-hydrogen) atoms. The molecule has 0 atom stereocenters. The SMILES string of the molecule is COc1ccc(-c2csc(/C(C#N)=C\c3ccc(OC(C)=O)cc3)n2)cc1. The predicted molar refractivity (Wildman–Crippen MR) is 105 cm³/mol. The molecule has 1 aromatic heterocycles. The number of nitriles is 1. The maximum absolute atomic E-state index is 11.0. The summed E-state index contributed by atoms with van der Waals surface area (Å²) in [7, 11) is 1.62. The zero-order valence-corrected chi connectivity index (χ0v) is 15.6. The first kappa shape index (κ1) is 18.4. The predicted octanol–water partition coefficient (Wildman–Crippen LogP) is 4.81. The molecule has 3 rings (SSSR count). The molecule has 0 spiro atoms. The summed E-state index contributed by atoms with van der Waals surface area (Å²) < 4.78 is 10.2. The third-order valence-corrected chi connectivity index (χ3v) is 4.57. The van der Waals surface area contributed by atoms with Crippen molar-refractivity contribution in [3.63, 3.8) is 0 Å². The van der Waals surface area contributed by atoms with Gasteiger partial charge in [0.05, 0.1) is 18.4 Å². The molecule has 0 unspecified atom stereocenters. The fourth-order valence-corrected chi connectivity index (χ4v) is 3.19. The minimum Gasteiger partial charge on any atom is -0.497 e. The molecule has 0 fully saturated rings. The summed E-state index contributed by atoms with van der Waals surface area (Å²) in [6.45, 7) is 1.35. The lowest BCUT2D eigenvalue weighted by molar-refractivity contribution is -0.131. The number of aromatic nitrogens is 1. The molecule has 0 aliphatic heterocycles. The van der Waals surface area contributed by atoms with Crippen molar-refractivity contribution in [2.24, 2.45) is 0 Å². The molecule has 0 N–H and O–H groups in total. The van der Waals surface area contributed by atoms with Crippen molar-refractivity contribution < 1.29 is 14.3 Å². The molecule has 5 nitrogen and oxygen atoms in total. The van der Waals surface area contributed by atoms with Gasteiger partial charge in [0.1, 0.15) is 22.6 Å². The highest BCUT2D eigenvalue weighted by atomic mass is 32.1. The number of thiazole rings is 1. The van der Waals surface area contributed by atoms with E-state index in [2.05, 4.69) is 11.1 Å². The van der Waals surface area contributed by atoms with Crippen molar-refractivity contribution in [2.45, 2.75) is 6.92 Å². The maximum atomic E-state index is 11.0. The van der Waals surface area contributed by atoms with E-state index in [-0.39, 0.29) is 5.97 Å². The summed E-state index contributed by atoms with van der Waals surface area (Å²) >= 11 is 1.42. The number of hydrogen-bond donors (Lipinski definition) is 0. The van der Waals surface area contributed by atoms with Crippen molar-refractivity contribution >= 4 is 29.0 Å². The van der Waals surface area contributed by atoms with Gasteiger partial charge in [-0.1, -0.05) is 12.1 Å². The van der Waals surface area contributed by atoms with Gasteiger partial charge < -0.3 is 9.47 Å². The summed E-state index contributed by atoms with van der Waals surface area (Å²) in [5, 5.41) is 12.1. The maximum Gasteiger partial charge on any atom is 0.308 e. The number of benzene rings is 2. The normalized spacial score (nSPS) is 10.9. The first-order chi connectivity index (χ1) is 13.1. The smallest absolute Gasteiger partial charge is 0.308 e. The second-order valence-corrected chi connectivity index (χ2v) is 6.46. The van der Waals surface area contributed by atoms with Gasteiger partial charge in [-0.2, -0.15) is 5.26 Å². The first-order valence-corrected chi connectivity index (χ1v) is 8.97. The topological polar surface area (TPSA) is 72.2 Å². The van der Waals surface area contributed by atoms with Gasteiger partial charge in [-0.25, -0.2) is 4.98 Å². The number of carbonyl (C=O) groups is 1. The van der Waals surface area contributed by atoms with Crippen LogP contribution in [0.1, 0.15) is 17.5 Å². The van der Waals surface area contributed by atoms with Gasteiger partial charge >= 0.3 is 5.97 Å². The minimum absolute atomic E-state index is 0.371. The van der Waals surface area contributed by atoms with E-state index in [9.17, 15) is 10.1 Å². The average Bonchev–Trinajstić information content (AvgIpc) is 3.17. The van der Waals surface area contributed by atoms with Gasteiger partial charge in [0, 0.05) is 17.9 Å². The molecule has 2 aromatic carbocycles. The van der Waals surface area contributed by atoms with Gasteiger partial charge in [-0.3, -0.25) is 4.79 Å². The molecule has 6 heteroatoms. The summed E-state index contributed by atoms with van der Waals surface area (Å²) in [5.41, 5.74) is 3.06. The van der Waals surface area contributed by atoms with Crippen molar-refractivity contribution in [1.29, 1.82) is 5.26 Å². The summed E-state index contributed by atoms with van der Waals surface area (Å²) in [6.07, 6.45) is 1.76. The lowest BCUT2D eigenvalue weighted by Crippen LogP contribution is -2.00. The molecule has 0 saturated carbocycles. The van der Waals surface area contributed by atoms with E-state index in [0.717, 1.165) is 22.6 Å². The molecule has 134 valence electrons. The highest BCUT2D eigenvalue weighted by molar-refractivity contribution is 7.11. The zero-order chi connectivity index (χ0) is 19.2. The number of ether oxygens (including phenoxy) is 2. The standard InChI is InChI=1S/C21H16N2O3S/c1-14(24)26-19-7-3-15(4-8-19)11-17(12-22)21-23-20(13-27-21)16-5-9-18(25-2)10-6-16/h3-11,13H,1-2H3/b17-11-. The molecular formula is C21H16N2O3S. The number of carbonyl (C=O) groups excluding carboxylic acids is 1. The van der Waals surface area contributed by atoms with E-state index in [4.69, 9.17) is 9.47 Å². The molecule has 0 aliphatic carbocycles. The van der Waals surface area contributed by atoms with Gasteiger partial charge in [0.15, 0.2) is 0 Å². The van der Waals surface area contributed by atoms with Crippen LogP contribution in [-0.2, 0) is 4.79 Å². The Morgan fingerprint density at radius 2 is 1.78 bits per heavy atom. The van der Waals surface area contributed by atoms with E-state index in [1.807, 2.05) is 29.6 Å². The van der Waals surface area contributed by atoms with Gasteiger partial charge in [0.2, 0.25) is 0 Å². The Bertz CT molecular complexity index is 1010. The Morgan fingerprint density at radius 1 is 1.11 bits per heavy atom. The Hall–Kier alpha value is -3.43. The van der Waals surface area contributed by atoms with E-state index in [1.54, 1.807) is 37.5 Å². The second-order valence-electron chi connectivity index (χ2n) is 5.60. The third kappa shape index (κ3) is 4.60.